The molecule has 1 aliphatic heterocycles. The van der Waals surface area contributed by atoms with Gasteiger partial charge in [-0.15, -0.1) is 0 Å². The molecule has 1 aromatic rings. The van der Waals surface area contributed by atoms with Crippen LogP contribution in [0.25, 0.3) is 0 Å². The van der Waals surface area contributed by atoms with Crippen LogP contribution in [0.15, 0.2) is 24.3 Å². The second-order valence-corrected chi connectivity index (χ2v) is 6.13. The van der Waals surface area contributed by atoms with Gasteiger partial charge in [-0.3, -0.25) is 4.79 Å². The van der Waals surface area contributed by atoms with Gasteiger partial charge in [0, 0.05) is 35.2 Å². The van der Waals surface area contributed by atoms with E-state index in [0.29, 0.717) is 23.6 Å². The molecule has 3 N–H and O–H groups in total. The first-order valence-electron chi connectivity index (χ1n) is 6.78. The zero-order valence-corrected chi connectivity index (χ0v) is 11.3. The first-order valence-corrected chi connectivity index (χ1v) is 6.78. The molecular formula is C15H20N2O2. The lowest BCUT2D eigenvalue weighted by molar-refractivity contribution is -0.0923. The second-order valence-electron chi connectivity index (χ2n) is 6.13. The second kappa shape index (κ2) is 4.23. The monoisotopic (exact) mass is 260 g/mol. The van der Waals surface area contributed by atoms with E-state index in [9.17, 15) is 4.79 Å². The Kier molecular flexibility index (Phi) is 2.78. The Labute approximate surface area is 113 Å². The van der Waals surface area contributed by atoms with Crippen molar-refractivity contribution in [2.75, 3.05) is 11.9 Å². The molecule has 3 unspecified atom stereocenters. The Morgan fingerprint density at radius 3 is 3.00 bits per heavy atom. The minimum Gasteiger partial charge on any atom is -0.381 e. The molecule has 4 heteroatoms. The first-order chi connectivity index (χ1) is 9.00. The smallest absolute Gasteiger partial charge is 0.248 e. The summed E-state index contributed by atoms with van der Waals surface area (Å²) in [6.07, 6.45) is 1.48. The summed E-state index contributed by atoms with van der Waals surface area (Å²) in [5.74, 6) is 0.186. The maximum atomic E-state index is 11.2. The molecule has 1 amide bonds. The van der Waals surface area contributed by atoms with Crippen molar-refractivity contribution in [3.63, 3.8) is 0 Å². The molecule has 1 saturated heterocycles. The van der Waals surface area contributed by atoms with Crippen molar-refractivity contribution in [2.24, 2.45) is 17.1 Å². The van der Waals surface area contributed by atoms with E-state index in [2.05, 4.69) is 19.2 Å². The number of rotatable bonds is 3. The Balaban J connectivity index is 1.78. The molecule has 0 spiro atoms. The van der Waals surface area contributed by atoms with Crippen LogP contribution >= 0.6 is 0 Å². The quantitative estimate of drug-likeness (QED) is 0.873. The SMILES string of the molecule is CC1(C)C(Nc2cccc(C(N)=O)c2)C2CCOC21. The van der Waals surface area contributed by atoms with Crippen LogP contribution in [0, 0.1) is 11.3 Å². The van der Waals surface area contributed by atoms with Crippen molar-refractivity contribution in [3.8, 4) is 0 Å². The van der Waals surface area contributed by atoms with Crippen LogP contribution in [0.3, 0.4) is 0 Å². The fraction of sp³-hybridized carbons (Fsp3) is 0.533. The third kappa shape index (κ3) is 1.91. The number of amides is 1. The summed E-state index contributed by atoms with van der Waals surface area (Å²) in [7, 11) is 0. The molecule has 0 aromatic heterocycles. The van der Waals surface area contributed by atoms with Gasteiger partial charge in [0.1, 0.15) is 0 Å². The maximum absolute atomic E-state index is 11.2. The highest BCUT2D eigenvalue weighted by atomic mass is 16.5. The molecule has 1 aromatic carbocycles. The number of carbonyl (C=O) groups excluding carboxylic acids is 1. The van der Waals surface area contributed by atoms with Crippen molar-refractivity contribution in [1.29, 1.82) is 0 Å². The Morgan fingerprint density at radius 1 is 1.47 bits per heavy atom. The van der Waals surface area contributed by atoms with Crippen LogP contribution in [-0.4, -0.2) is 24.7 Å². The van der Waals surface area contributed by atoms with Gasteiger partial charge in [-0.1, -0.05) is 19.9 Å². The lowest BCUT2D eigenvalue weighted by Gasteiger charge is -2.55. The third-order valence-electron chi connectivity index (χ3n) is 4.57. The van der Waals surface area contributed by atoms with Crippen molar-refractivity contribution in [2.45, 2.75) is 32.4 Å². The normalized spacial score (nSPS) is 31.4. The van der Waals surface area contributed by atoms with Gasteiger partial charge in [-0.2, -0.15) is 0 Å². The molecule has 1 heterocycles. The molecule has 19 heavy (non-hydrogen) atoms. The molecule has 0 bridgehead atoms. The highest BCUT2D eigenvalue weighted by molar-refractivity contribution is 5.93. The van der Waals surface area contributed by atoms with Gasteiger partial charge in [0.15, 0.2) is 0 Å². The number of benzene rings is 1. The number of nitrogens with one attached hydrogen (secondary N) is 1. The predicted octanol–water partition coefficient (Wildman–Crippen LogP) is 2.01. The molecule has 0 radical (unpaired) electrons. The van der Waals surface area contributed by atoms with Crippen LogP contribution in [0.4, 0.5) is 5.69 Å². The summed E-state index contributed by atoms with van der Waals surface area (Å²) < 4.78 is 5.78. The molecule has 1 aliphatic carbocycles. The lowest BCUT2D eigenvalue weighted by Crippen LogP contribution is -2.63. The van der Waals surface area contributed by atoms with Gasteiger partial charge in [0.2, 0.25) is 5.91 Å². The zero-order chi connectivity index (χ0) is 13.6. The molecule has 102 valence electrons. The van der Waals surface area contributed by atoms with Crippen molar-refractivity contribution in [1.82, 2.24) is 0 Å². The highest BCUT2D eigenvalue weighted by Gasteiger charge is 2.59. The predicted molar refractivity (Wildman–Crippen MR) is 74.0 cm³/mol. The van der Waals surface area contributed by atoms with E-state index >= 15 is 0 Å². The summed E-state index contributed by atoms with van der Waals surface area (Å²) in [6.45, 7) is 5.32. The summed E-state index contributed by atoms with van der Waals surface area (Å²) in [6, 6.07) is 7.79. The number of nitrogens with two attached hydrogens (primary N) is 1. The molecule has 2 fully saturated rings. The topological polar surface area (TPSA) is 64.3 Å². The number of primary amides is 1. The summed E-state index contributed by atoms with van der Waals surface area (Å²) in [5, 5.41) is 3.55. The average molecular weight is 260 g/mol. The standard InChI is InChI=1S/C15H20N2O2/c1-15(2)12(11-6-7-19-13(11)15)17-10-5-3-4-9(8-10)14(16)18/h3-5,8,11-13,17H,6-7H2,1-2H3,(H2,16,18). The maximum Gasteiger partial charge on any atom is 0.248 e. The number of carbonyl (C=O) groups is 1. The molecule has 3 atom stereocenters. The Bertz CT molecular complexity index is 513. The highest BCUT2D eigenvalue weighted by Crippen LogP contribution is 2.53. The summed E-state index contributed by atoms with van der Waals surface area (Å²) in [5.41, 5.74) is 6.94. The first kappa shape index (κ1) is 12.5. The number of fused-ring (bicyclic) bond motifs is 1. The molecule has 1 saturated carbocycles. The number of anilines is 1. The van der Waals surface area contributed by atoms with Gasteiger partial charge >= 0.3 is 0 Å². The van der Waals surface area contributed by atoms with E-state index in [1.165, 1.54) is 0 Å². The van der Waals surface area contributed by atoms with E-state index in [-0.39, 0.29) is 5.41 Å². The van der Waals surface area contributed by atoms with Gasteiger partial charge in [0.25, 0.3) is 0 Å². The molecular weight excluding hydrogens is 240 g/mol. The summed E-state index contributed by atoms with van der Waals surface area (Å²) >= 11 is 0. The molecule has 2 aliphatic rings. The molecule has 4 nitrogen and oxygen atoms in total. The fourth-order valence-corrected chi connectivity index (χ4v) is 3.56. The molecule has 3 rings (SSSR count). The number of hydrogen-bond acceptors (Lipinski definition) is 3. The Hall–Kier alpha value is -1.55. The van der Waals surface area contributed by atoms with Gasteiger partial charge in [0.05, 0.1) is 6.10 Å². The van der Waals surface area contributed by atoms with Crippen LogP contribution in [-0.2, 0) is 4.74 Å². The van der Waals surface area contributed by atoms with Crippen molar-refractivity contribution in [3.05, 3.63) is 29.8 Å². The average Bonchev–Trinajstić information content (AvgIpc) is 2.83. The van der Waals surface area contributed by atoms with E-state index in [1.54, 1.807) is 6.07 Å². The number of ether oxygens (including phenoxy) is 1. The van der Waals surface area contributed by atoms with E-state index in [1.807, 2.05) is 18.2 Å². The van der Waals surface area contributed by atoms with Crippen molar-refractivity contribution >= 4 is 11.6 Å². The zero-order valence-electron chi connectivity index (χ0n) is 11.3. The van der Waals surface area contributed by atoms with Crippen LogP contribution in [0.1, 0.15) is 30.6 Å². The van der Waals surface area contributed by atoms with Crippen LogP contribution < -0.4 is 11.1 Å². The van der Waals surface area contributed by atoms with E-state index < -0.39 is 5.91 Å². The van der Waals surface area contributed by atoms with Gasteiger partial charge in [-0.05, 0) is 24.6 Å². The van der Waals surface area contributed by atoms with Gasteiger partial charge in [-0.25, -0.2) is 0 Å². The Morgan fingerprint density at radius 2 is 2.26 bits per heavy atom. The van der Waals surface area contributed by atoms with E-state index in [0.717, 1.165) is 18.7 Å². The van der Waals surface area contributed by atoms with Crippen LogP contribution in [0.5, 0.6) is 0 Å². The lowest BCUT2D eigenvalue weighted by atomic mass is 9.57. The van der Waals surface area contributed by atoms with Gasteiger partial charge < -0.3 is 15.8 Å². The third-order valence-corrected chi connectivity index (χ3v) is 4.57. The van der Waals surface area contributed by atoms with Crippen LogP contribution in [0.2, 0.25) is 0 Å². The minimum atomic E-state index is -0.390. The number of hydrogen-bond donors (Lipinski definition) is 2. The fourth-order valence-electron chi connectivity index (χ4n) is 3.56. The summed E-state index contributed by atoms with van der Waals surface area (Å²) in [4.78, 5) is 11.2. The minimum absolute atomic E-state index is 0.129. The van der Waals surface area contributed by atoms with Crippen molar-refractivity contribution < 1.29 is 9.53 Å². The largest absolute Gasteiger partial charge is 0.381 e. The van der Waals surface area contributed by atoms with E-state index in [4.69, 9.17) is 10.5 Å².